The van der Waals surface area contributed by atoms with E-state index in [0.717, 1.165) is 5.69 Å². The standard InChI is InChI=1S/C14H21FN2O2/c1-14(16-2,13(18)19)8-5-9-17(3)12-7-4-6-11(15)10-12/h4,6-7,10,16H,5,8-9H2,1-3H3,(H,18,19). The van der Waals surface area contributed by atoms with Crippen molar-refractivity contribution in [3.05, 3.63) is 30.1 Å². The van der Waals surface area contributed by atoms with Gasteiger partial charge in [0, 0.05) is 19.3 Å². The molecule has 1 atom stereocenters. The summed E-state index contributed by atoms with van der Waals surface area (Å²) < 4.78 is 13.1. The Balaban J connectivity index is 2.51. The number of anilines is 1. The fourth-order valence-corrected chi connectivity index (χ4v) is 1.85. The van der Waals surface area contributed by atoms with Gasteiger partial charge in [0.05, 0.1) is 0 Å². The lowest BCUT2D eigenvalue weighted by Crippen LogP contribution is -2.47. The number of hydrogen-bond donors (Lipinski definition) is 2. The fraction of sp³-hybridized carbons (Fsp3) is 0.500. The predicted octanol–water partition coefficient (Wildman–Crippen LogP) is 2.10. The predicted molar refractivity (Wildman–Crippen MR) is 74.0 cm³/mol. The third kappa shape index (κ3) is 4.21. The highest BCUT2D eigenvalue weighted by Crippen LogP contribution is 2.17. The van der Waals surface area contributed by atoms with Gasteiger partial charge < -0.3 is 15.3 Å². The van der Waals surface area contributed by atoms with E-state index in [-0.39, 0.29) is 5.82 Å². The number of rotatable bonds is 7. The number of benzene rings is 1. The molecule has 0 aliphatic carbocycles. The summed E-state index contributed by atoms with van der Waals surface area (Å²) in [5, 5.41) is 11.9. The van der Waals surface area contributed by atoms with E-state index in [2.05, 4.69) is 5.32 Å². The minimum atomic E-state index is -0.914. The van der Waals surface area contributed by atoms with Crippen LogP contribution in [-0.4, -0.2) is 37.3 Å². The lowest BCUT2D eigenvalue weighted by molar-refractivity contribution is -0.144. The van der Waals surface area contributed by atoms with Crippen LogP contribution >= 0.6 is 0 Å². The topological polar surface area (TPSA) is 52.6 Å². The highest BCUT2D eigenvalue weighted by Gasteiger charge is 2.30. The molecular weight excluding hydrogens is 247 g/mol. The van der Waals surface area contributed by atoms with Crippen LogP contribution in [-0.2, 0) is 4.79 Å². The van der Waals surface area contributed by atoms with Crippen LogP contribution in [0.25, 0.3) is 0 Å². The zero-order valence-corrected chi connectivity index (χ0v) is 11.6. The van der Waals surface area contributed by atoms with E-state index in [9.17, 15) is 9.18 Å². The Hall–Kier alpha value is -1.62. The van der Waals surface area contributed by atoms with E-state index in [1.54, 1.807) is 20.0 Å². The van der Waals surface area contributed by atoms with Crippen molar-refractivity contribution in [1.82, 2.24) is 5.32 Å². The van der Waals surface area contributed by atoms with Gasteiger partial charge in [-0.3, -0.25) is 4.79 Å². The average Bonchev–Trinajstić information content (AvgIpc) is 2.38. The number of nitrogens with one attached hydrogen (secondary N) is 1. The van der Waals surface area contributed by atoms with Crippen LogP contribution in [0.2, 0.25) is 0 Å². The maximum atomic E-state index is 13.1. The molecule has 0 aliphatic heterocycles. The third-order valence-corrected chi connectivity index (χ3v) is 3.44. The number of aliphatic carboxylic acids is 1. The molecule has 0 saturated carbocycles. The van der Waals surface area contributed by atoms with Crippen molar-refractivity contribution in [1.29, 1.82) is 0 Å². The Labute approximate surface area is 113 Å². The van der Waals surface area contributed by atoms with Crippen LogP contribution < -0.4 is 10.2 Å². The van der Waals surface area contributed by atoms with Gasteiger partial charge in [-0.1, -0.05) is 6.07 Å². The second kappa shape index (κ2) is 6.52. The molecule has 4 nitrogen and oxygen atoms in total. The minimum Gasteiger partial charge on any atom is -0.480 e. The van der Waals surface area contributed by atoms with Crippen molar-refractivity contribution in [2.45, 2.75) is 25.3 Å². The third-order valence-electron chi connectivity index (χ3n) is 3.44. The monoisotopic (exact) mass is 268 g/mol. The second-order valence-corrected chi connectivity index (χ2v) is 4.89. The van der Waals surface area contributed by atoms with Crippen molar-refractivity contribution in [2.75, 3.05) is 25.5 Å². The quantitative estimate of drug-likeness (QED) is 0.795. The highest BCUT2D eigenvalue weighted by molar-refractivity contribution is 5.78. The van der Waals surface area contributed by atoms with Gasteiger partial charge in [0.15, 0.2) is 0 Å². The molecule has 1 aromatic rings. The van der Waals surface area contributed by atoms with Gasteiger partial charge in [0.25, 0.3) is 0 Å². The van der Waals surface area contributed by atoms with Gasteiger partial charge in [-0.2, -0.15) is 0 Å². The van der Waals surface area contributed by atoms with Crippen molar-refractivity contribution in [2.24, 2.45) is 0 Å². The molecule has 0 spiro atoms. The second-order valence-electron chi connectivity index (χ2n) is 4.89. The first-order valence-electron chi connectivity index (χ1n) is 6.28. The molecule has 0 bridgehead atoms. The van der Waals surface area contributed by atoms with Gasteiger partial charge in [0.2, 0.25) is 0 Å². The lowest BCUT2D eigenvalue weighted by Gasteiger charge is -2.26. The number of carboxylic acids is 1. The molecule has 0 radical (unpaired) electrons. The van der Waals surface area contributed by atoms with E-state index < -0.39 is 11.5 Å². The smallest absolute Gasteiger partial charge is 0.323 e. The number of nitrogens with zero attached hydrogens (tertiary/aromatic N) is 1. The summed E-state index contributed by atoms with van der Waals surface area (Å²) in [5.41, 5.74) is -0.121. The summed E-state index contributed by atoms with van der Waals surface area (Å²) >= 11 is 0. The molecule has 0 saturated heterocycles. The van der Waals surface area contributed by atoms with Crippen LogP contribution in [0.1, 0.15) is 19.8 Å². The fourth-order valence-electron chi connectivity index (χ4n) is 1.85. The zero-order chi connectivity index (χ0) is 14.5. The van der Waals surface area contributed by atoms with Crippen LogP contribution in [0.3, 0.4) is 0 Å². The van der Waals surface area contributed by atoms with Crippen molar-refractivity contribution in [3.8, 4) is 0 Å². The molecule has 0 aromatic heterocycles. The number of halogens is 1. The van der Waals surface area contributed by atoms with Crippen molar-refractivity contribution < 1.29 is 14.3 Å². The molecule has 0 heterocycles. The Bertz CT molecular complexity index is 439. The van der Waals surface area contributed by atoms with E-state index in [1.807, 2.05) is 18.0 Å². The maximum absolute atomic E-state index is 13.1. The van der Waals surface area contributed by atoms with Crippen molar-refractivity contribution >= 4 is 11.7 Å². The molecule has 19 heavy (non-hydrogen) atoms. The average molecular weight is 268 g/mol. The van der Waals surface area contributed by atoms with Crippen LogP contribution in [0, 0.1) is 5.82 Å². The van der Waals surface area contributed by atoms with E-state index >= 15 is 0 Å². The van der Waals surface area contributed by atoms with Crippen LogP contribution in [0.5, 0.6) is 0 Å². The maximum Gasteiger partial charge on any atom is 0.323 e. The summed E-state index contributed by atoms with van der Waals surface area (Å²) in [6, 6.07) is 6.36. The molecule has 1 aromatic carbocycles. The lowest BCUT2D eigenvalue weighted by atomic mass is 9.96. The molecule has 1 unspecified atom stereocenters. The van der Waals surface area contributed by atoms with E-state index in [0.29, 0.717) is 19.4 Å². The Morgan fingerprint density at radius 1 is 1.53 bits per heavy atom. The molecule has 2 N–H and O–H groups in total. The number of likely N-dealkylation sites (N-methyl/N-ethyl adjacent to an activating group) is 1. The SMILES string of the molecule is CNC(C)(CCCN(C)c1cccc(F)c1)C(=O)O. The summed E-state index contributed by atoms with van der Waals surface area (Å²) in [6.07, 6.45) is 1.22. The zero-order valence-electron chi connectivity index (χ0n) is 11.6. The van der Waals surface area contributed by atoms with Gasteiger partial charge >= 0.3 is 5.97 Å². The van der Waals surface area contributed by atoms with Gasteiger partial charge in [-0.15, -0.1) is 0 Å². The summed E-state index contributed by atoms with van der Waals surface area (Å²) in [6.45, 7) is 2.34. The minimum absolute atomic E-state index is 0.269. The van der Waals surface area contributed by atoms with Gasteiger partial charge in [0.1, 0.15) is 11.4 Å². The molecular formula is C14H21FN2O2. The molecule has 106 valence electrons. The van der Waals surface area contributed by atoms with Crippen LogP contribution in [0.4, 0.5) is 10.1 Å². The largest absolute Gasteiger partial charge is 0.480 e. The summed E-state index contributed by atoms with van der Waals surface area (Å²) in [7, 11) is 3.51. The first-order chi connectivity index (χ1) is 8.89. The number of carbonyl (C=O) groups is 1. The molecule has 0 amide bonds. The number of hydrogen-bond acceptors (Lipinski definition) is 3. The molecule has 1 rings (SSSR count). The van der Waals surface area contributed by atoms with E-state index in [4.69, 9.17) is 5.11 Å². The van der Waals surface area contributed by atoms with Gasteiger partial charge in [-0.25, -0.2) is 4.39 Å². The normalized spacial score (nSPS) is 13.9. The highest BCUT2D eigenvalue weighted by atomic mass is 19.1. The van der Waals surface area contributed by atoms with Crippen molar-refractivity contribution in [3.63, 3.8) is 0 Å². The van der Waals surface area contributed by atoms with Crippen LogP contribution in [0.15, 0.2) is 24.3 Å². The summed E-state index contributed by atoms with van der Waals surface area (Å²) in [5.74, 6) is -1.13. The van der Waals surface area contributed by atoms with E-state index in [1.165, 1.54) is 12.1 Å². The Morgan fingerprint density at radius 3 is 2.74 bits per heavy atom. The first-order valence-corrected chi connectivity index (χ1v) is 6.28. The number of carboxylic acid groups (broad SMARTS) is 1. The molecule has 5 heteroatoms. The summed E-state index contributed by atoms with van der Waals surface area (Å²) in [4.78, 5) is 13.0. The van der Waals surface area contributed by atoms with Gasteiger partial charge in [-0.05, 0) is 45.0 Å². The Morgan fingerprint density at radius 2 is 2.21 bits per heavy atom. The molecule has 0 fully saturated rings. The molecule has 0 aliphatic rings. The Kier molecular flexibility index (Phi) is 5.30. The first kappa shape index (κ1) is 15.4.